The SMILES string of the molecule is CC(C)Oc1cccc(NCCC(F)(F)F)c1N. The fourth-order valence-electron chi connectivity index (χ4n) is 1.39. The van der Waals surface area contributed by atoms with Gasteiger partial charge >= 0.3 is 6.18 Å². The fraction of sp³-hybridized carbons (Fsp3) is 0.500. The summed E-state index contributed by atoms with van der Waals surface area (Å²) in [4.78, 5) is 0. The van der Waals surface area contributed by atoms with E-state index in [2.05, 4.69) is 5.32 Å². The van der Waals surface area contributed by atoms with E-state index in [0.29, 0.717) is 17.1 Å². The molecule has 0 aliphatic carbocycles. The predicted octanol–water partition coefficient (Wildman–Crippen LogP) is 3.42. The number of nitrogens with one attached hydrogen (secondary N) is 1. The molecular weight excluding hydrogens is 245 g/mol. The highest BCUT2D eigenvalue weighted by molar-refractivity contribution is 5.72. The molecule has 0 heterocycles. The van der Waals surface area contributed by atoms with Crippen molar-refractivity contribution in [3.63, 3.8) is 0 Å². The van der Waals surface area contributed by atoms with Crippen molar-refractivity contribution in [2.24, 2.45) is 0 Å². The number of para-hydroxylation sites is 1. The molecule has 1 aromatic rings. The van der Waals surface area contributed by atoms with E-state index in [9.17, 15) is 13.2 Å². The first-order valence-corrected chi connectivity index (χ1v) is 5.65. The highest BCUT2D eigenvalue weighted by atomic mass is 19.4. The Hall–Kier alpha value is -1.59. The molecule has 0 aliphatic rings. The van der Waals surface area contributed by atoms with Crippen molar-refractivity contribution in [2.45, 2.75) is 32.5 Å². The fourth-order valence-corrected chi connectivity index (χ4v) is 1.39. The number of hydrogen-bond acceptors (Lipinski definition) is 3. The highest BCUT2D eigenvalue weighted by Crippen LogP contribution is 2.30. The van der Waals surface area contributed by atoms with E-state index in [-0.39, 0.29) is 12.6 Å². The van der Waals surface area contributed by atoms with Crippen LogP contribution in [0, 0.1) is 0 Å². The molecule has 0 fully saturated rings. The number of alkyl halides is 3. The lowest BCUT2D eigenvalue weighted by Gasteiger charge is -2.16. The number of halogens is 3. The third kappa shape index (κ3) is 4.73. The number of nitrogen functional groups attached to an aromatic ring is 1. The van der Waals surface area contributed by atoms with Crippen LogP contribution in [0.5, 0.6) is 5.75 Å². The monoisotopic (exact) mass is 262 g/mol. The molecule has 0 spiro atoms. The summed E-state index contributed by atoms with van der Waals surface area (Å²) in [6, 6.07) is 4.99. The molecule has 102 valence electrons. The van der Waals surface area contributed by atoms with E-state index in [1.54, 1.807) is 18.2 Å². The summed E-state index contributed by atoms with van der Waals surface area (Å²) in [5, 5.41) is 2.66. The van der Waals surface area contributed by atoms with Gasteiger partial charge in [-0.2, -0.15) is 13.2 Å². The van der Waals surface area contributed by atoms with Crippen LogP contribution in [-0.2, 0) is 0 Å². The van der Waals surface area contributed by atoms with Gasteiger partial charge in [-0.1, -0.05) is 6.07 Å². The van der Waals surface area contributed by atoms with Crippen LogP contribution in [-0.4, -0.2) is 18.8 Å². The Morgan fingerprint density at radius 3 is 2.56 bits per heavy atom. The van der Waals surface area contributed by atoms with Crippen LogP contribution < -0.4 is 15.8 Å². The second-order valence-corrected chi connectivity index (χ2v) is 4.18. The predicted molar refractivity (Wildman–Crippen MR) is 65.8 cm³/mol. The Morgan fingerprint density at radius 1 is 1.33 bits per heavy atom. The lowest BCUT2D eigenvalue weighted by Crippen LogP contribution is -2.15. The zero-order valence-electron chi connectivity index (χ0n) is 10.3. The van der Waals surface area contributed by atoms with Gasteiger partial charge in [-0.15, -0.1) is 0 Å². The number of benzene rings is 1. The van der Waals surface area contributed by atoms with E-state index >= 15 is 0 Å². The molecule has 0 saturated heterocycles. The van der Waals surface area contributed by atoms with Crippen molar-refractivity contribution in [1.82, 2.24) is 0 Å². The van der Waals surface area contributed by atoms with Crippen LogP contribution in [0.2, 0.25) is 0 Å². The summed E-state index contributed by atoms with van der Waals surface area (Å²) in [5.74, 6) is 0.474. The molecule has 3 nitrogen and oxygen atoms in total. The minimum absolute atomic E-state index is 0.0438. The van der Waals surface area contributed by atoms with Crippen LogP contribution in [0.1, 0.15) is 20.3 Å². The third-order valence-electron chi connectivity index (χ3n) is 2.15. The van der Waals surface area contributed by atoms with E-state index in [1.165, 1.54) is 0 Å². The zero-order chi connectivity index (χ0) is 13.8. The van der Waals surface area contributed by atoms with Gasteiger partial charge in [0.2, 0.25) is 0 Å². The Morgan fingerprint density at radius 2 is 2.00 bits per heavy atom. The maximum atomic E-state index is 12.0. The van der Waals surface area contributed by atoms with E-state index in [4.69, 9.17) is 10.5 Å². The largest absolute Gasteiger partial charge is 0.489 e. The highest BCUT2D eigenvalue weighted by Gasteiger charge is 2.26. The van der Waals surface area contributed by atoms with Gasteiger partial charge in [-0.3, -0.25) is 0 Å². The Kier molecular flexibility index (Phi) is 4.69. The van der Waals surface area contributed by atoms with Gasteiger partial charge in [0.05, 0.1) is 23.9 Å². The molecule has 0 aliphatic heterocycles. The van der Waals surface area contributed by atoms with E-state index in [1.807, 2.05) is 13.8 Å². The molecule has 3 N–H and O–H groups in total. The van der Waals surface area contributed by atoms with Gasteiger partial charge < -0.3 is 15.8 Å². The van der Waals surface area contributed by atoms with Crippen LogP contribution in [0.4, 0.5) is 24.5 Å². The van der Waals surface area contributed by atoms with Crippen LogP contribution in [0.3, 0.4) is 0 Å². The van der Waals surface area contributed by atoms with Gasteiger partial charge in [0.1, 0.15) is 5.75 Å². The van der Waals surface area contributed by atoms with Crippen molar-refractivity contribution in [3.05, 3.63) is 18.2 Å². The maximum Gasteiger partial charge on any atom is 0.390 e. The molecule has 0 bridgehead atoms. The molecule has 1 aromatic carbocycles. The standard InChI is InChI=1S/C12H17F3N2O/c1-8(2)18-10-5-3-4-9(11(10)16)17-7-6-12(13,14)15/h3-5,8,17H,6-7,16H2,1-2H3. The van der Waals surface area contributed by atoms with Crippen molar-refractivity contribution < 1.29 is 17.9 Å². The second kappa shape index (κ2) is 5.84. The molecule has 0 atom stereocenters. The normalized spacial score (nSPS) is 11.7. The second-order valence-electron chi connectivity index (χ2n) is 4.18. The summed E-state index contributed by atoms with van der Waals surface area (Å²) in [7, 11) is 0. The maximum absolute atomic E-state index is 12.0. The van der Waals surface area contributed by atoms with Crippen LogP contribution in [0.15, 0.2) is 18.2 Å². The van der Waals surface area contributed by atoms with Gasteiger partial charge in [0.15, 0.2) is 0 Å². The van der Waals surface area contributed by atoms with Gasteiger partial charge in [0, 0.05) is 6.54 Å². The third-order valence-corrected chi connectivity index (χ3v) is 2.15. The Balaban J connectivity index is 2.66. The van der Waals surface area contributed by atoms with Gasteiger partial charge in [-0.25, -0.2) is 0 Å². The average molecular weight is 262 g/mol. The van der Waals surface area contributed by atoms with Crippen molar-refractivity contribution in [1.29, 1.82) is 0 Å². The molecular formula is C12H17F3N2O. The molecule has 0 aromatic heterocycles. The molecule has 0 amide bonds. The quantitative estimate of drug-likeness (QED) is 0.799. The Bertz CT molecular complexity index is 391. The zero-order valence-corrected chi connectivity index (χ0v) is 10.3. The number of ether oxygens (including phenoxy) is 1. The van der Waals surface area contributed by atoms with Crippen molar-refractivity contribution >= 4 is 11.4 Å². The minimum atomic E-state index is -4.17. The molecule has 1 rings (SSSR count). The van der Waals surface area contributed by atoms with Gasteiger partial charge in [-0.05, 0) is 26.0 Å². The smallest absolute Gasteiger partial charge is 0.390 e. The summed E-state index contributed by atoms with van der Waals surface area (Å²) < 4.78 is 41.5. The minimum Gasteiger partial charge on any atom is -0.489 e. The molecule has 0 unspecified atom stereocenters. The number of nitrogens with two attached hydrogens (primary N) is 1. The molecule has 0 saturated carbocycles. The lowest BCUT2D eigenvalue weighted by molar-refractivity contribution is -0.131. The summed E-state index contributed by atoms with van der Waals surface area (Å²) in [6.45, 7) is 3.49. The topological polar surface area (TPSA) is 47.3 Å². The van der Waals surface area contributed by atoms with Gasteiger partial charge in [0.25, 0.3) is 0 Å². The van der Waals surface area contributed by atoms with E-state index in [0.717, 1.165) is 0 Å². The van der Waals surface area contributed by atoms with Crippen molar-refractivity contribution in [2.75, 3.05) is 17.6 Å². The van der Waals surface area contributed by atoms with E-state index < -0.39 is 12.6 Å². The summed E-state index contributed by atoms with van der Waals surface area (Å²) in [6.07, 6.45) is -5.12. The van der Waals surface area contributed by atoms with Crippen LogP contribution >= 0.6 is 0 Å². The molecule has 0 radical (unpaired) electrons. The summed E-state index contributed by atoms with van der Waals surface area (Å²) in [5.41, 5.74) is 6.60. The average Bonchev–Trinajstić information content (AvgIpc) is 2.21. The first-order valence-electron chi connectivity index (χ1n) is 5.65. The first-order chi connectivity index (χ1) is 8.29. The Labute approximate surface area is 104 Å². The number of rotatable bonds is 5. The summed E-state index contributed by atoms with van der Waals surface area (Å²) >= 11 is 0. The number of anilines is 2. The first kappa shape index (κ1) is 14.5. The lowest BCUT2D eigenvalue weighted by atomic mass is 10.2. The van der Waals surface area contributed by atoms with Crippen molar-refractivity contribution in [3.8, 4) is 5.75 Å². The number of hydrogen-bond donors (Lipinski definition) is 2. The molecule has 6 heteroatoms. The van der Waals surface area contributed by atoms with Crippen LogP contribution in [0.25, 0.3) is 0 Å². The molecule has 18 heavy (non-hydrogen) atoms.